The molecule has 0 aliphatic rings. The van der Waals surface area contributed by atoms with Gasteiger partial charge in [0.1, 0.15) is 18.1 Å². The molecule has 0 spiro atoms. The van der Waals surface area contributed by atoms with E-state index in [4.69, 9.17) is 28.0 Å². The molecule has 17 heteroatoms. The minimum atomic E-state index is -1.65. The minimum Gasteiger partial charge on any atom is -0.481 e. The Morgan fingerprint density at radius 3 is 1.78 bits per heavy atom. The Kier molecular flexibility index (Phi) is 14.8. The minimum absolute atomic E-state index is 0.136. The second-order valence-electron chi connectivity index (χ2n) is 7.70. The predicted octanol–water partition coefficient (Wildman–Crippen LogP) is -4.97. The molecule has 0 aliphatic carbocycles. The Labute approximate surface area is 206 Å². The summed E-state index contributed by atoms with van der Waals surface area (Å²) >= 11 is 0. The van der Waals surface area contributed by atoms with Gasteiger partial charge >= 0.3 is 11.9 Å². The number of nitrogens with one attached hydrogen (secondary N) is 3. The van der Waals surface area contributed by atoms with Crippen LogP contribution >= 0.6 is 0 Å². The second-order valence-corrected chi connectivity index (χ2v) is 7.70. The fourth-order valence-electron chi connectivity index (χ4n) is 2.75. The molecule has 0 rings (SSSR count). The number of amides is 4. The molecule has 36 heavy (non-hydrogen) atoms. The van der Waals surface area contributed by atoms with Gasteiger partial charge in [-0.15, -0.1) is 0 Å². The molecule has 17 nitrogen and oxygen atoms in total. The van der Waals surface area contributed by atoms with Gasteiger partial charge in [0.25, 0.3) is 0 Å². The Hall–Kier alpha value is -3.99. The molecule has 0 aromatic heterocycles. The van der Waals surface area contributed by atoms with E-state index >= 15 is 0 Å². The summed E-state index contributed by atoms with van der Waals surface area (Å²) in [7, 11) is 0. The van der Waals surface area contributed by atoms with Crippen molar-refractivity contribution in [3.05, 3.63) is 0 Å². The van der Waals surface area contributed by atoms with Crippen LogP contribution in [0.25, 0.3) is 0 Å². The number of hydrogen-bond acceptors (Lipinski definition) is 9. The van der Waals surface area contributed by atoms with Crippen LogP contribution in [0.4, 0.5) is 0 Å². The highest BCUT2D eigenvalue weighted by Gasteiger charge is 2.30. The summed E-state index contributed by atoms with van der Waals surface area (Å²) in [6, 6.07) is -5.71. The predicted molar refractivity (Wildman–Crippen MR) is 124 cm³/mol. The third-order valence-corrected chi connectivity index (χ3v) is 4.69. The highest BCUT2D eigenvalue weighted by molar-refractivity contribution is 5.94. The van der Waals surface area contributed by atoms with E-state index in [0.29, 0.717) is 6.42 Å². The number of aliphatic carboxylic acids is 2. The van der Waals surface area contributed by atoms with Crippen LogP contribution in [0.2, 0.25) is 0 Å². The van der Waals surface area contributed by atoms with Gasteiger partial charge in [0.15, 0.2) is 5.96 Å². The topological polar surface area (TPSA) is 316 Å². The molecule has 204 valence electrons. The standard InChI is InChI=1S/C19H34N8O9/c20-9(2-1-7-24-19(22)23)15(32)25-10(4-6-14(30)31)16(33)27-12(8-28)17(34)26-11(18(35)36)3-5-13(21)29/h9-12,28H,1-8,20H2,(H2,21,29)(H,25,32)(H,26,34)(H,27,33)(H,30,31)(H,35,36)(H4,22,23,24). The molecule has 4 amide bonds. The van der Waals surface area contributed by atoms with E-state index in [1.807, 2.05) is 0 Å². The van der Waals surface area contributed by atoms with E-state index in [0.717, 1.165) is 0 Å². The van der Waals surface area contributed by atoms with E-state index in [1.54, 1.807) is 0 Å². The van der Waals surface area contributed by atoms with Gasteiger partial charge in [-0.3, -0.25) is 29.0 Å². The molecule has 0 aromatic carbocycles. The molecule has 4 unspecified atom stereocenters. The summed E-state index contributed by atoms with van der Waals surface area (Å²) in [5.41, 5.74) is 21.1. The number of aliphatic hydroxyl groups excluding tert-OH is 1. The van der Waals surface area contributed by atoms with Crippen LogP contribution < -0.4 is 38.9 Å². The van der Waals surface area contributed by atoms with Gasteiger partial charge in [-0.1, -0.05) is 0 Å². The lowest BCUT2D eigenvalue weighted by molar-refractivity contribution is -0.143. The number of carbonyl (C=O) groups is 6. The average Bonchev–Trinajstić information content (AvgIpc) is 2.79. The molecule has 0 aromatic rings. The number of guanidine groups is 1. The summed E-state index contributed by atoms with van der Waals surface area (Å²) in [5, 5.41) is 34.1. The van der Waals surface area contributed by atoms with Crippen LogP contribution in [-0.4, -0.2) is 94.2 Å². The number of carboxylic acid groups (broad SMARTS) is 2. The van der Waals surface area contributed by atoms with Crippen LogP contribution in [0.1, 0.15) is 38.5 Å². The van der Waals surface area contributed by atoms with E-state index in [9.17, 15) is 39.0 Å². The van der Waals surface area contributed by atoms with Crippen LogP contribution in [0.3, 0.4) is 0 Å². The lowest BCUT2D eigenvalue weighted by Crippen LogP contribution is -2.58. The van der Waals surface area contributed by atoms with E-state index in [2.05, 4.69) is 20.9 Å². The summed E-state index contributed by atoms with van der Waals surface area (Å²) < 4.78 is 0. The summed E-state index contributed by atoms with van der Waals surface area (Å²) in [6.07, 6.45) is -1.10. The molecule has 0 heterocycles. The first kappa shape index (κ1) is 32.0. The first-order valence-corrected chi connectivity index (χ1v) is 10.8. The number of rotatable bonds is 18. The van der Waals surface area contributed by atoms with E-state index in [1.165, 1.54) is 0 Å². The lowest BCUT2D eigenvalue weighted by Gasteiger charge is -2.24. The maximum atomic E-state index is 12.7. The van der Waals surface area contributed by atoms with Crippen molar-refractivity contribution in [1.29, 1.82) is 0 Å². The monoisotopic (exact) mass is 518 g/mol. The van der Waals surface area contributed by atoms with Gasteiger partial charge in [-0.05, 0) is 25.7 Å². The fraction of sp³-hybridized carbons (Fsp3) is 0.632. The number of aliphatic hydroxyl groups is 1. The van der Waals surface area contributed by atoms with Crippen molar-refractivity contribution in [3.8, 4) is 0 Å². The van der Waals surface area contributed by atoms with Crippen molar-refractivity contribution in [2.45, 2.75) is 62.7 Å². The summed E-state index contributed by atoms with van der Waals surface area (Å²) in [5.74, 6) is -6.57. The van der Waals surface area contributed by atoms with Crippen molar-refractivity contribution >= 4 is 41.5 Å². The van der Waals surface area contributed by atoms with Crippen LogP contribution in [-0.2, 0) is 28.8 Å². The number of nitrogens with two attached hydrogens (primary N) is 4. The lowest BCUT2D eigenvalue weighted by atomic mass is 10.1. The smallest absolute Gasteiger partial charge is 0.326 e. The average molecular weight is 519 g/mol. The number of carbonyl (C=O) groups excluding carboxylic acids is 4. The normalized spacial score (nSPS) is 13.8. The number of primary amides is 1. The zero-order chi connectivity index (χ0) is 27.8. The largest absolute Gasteiger partial charge is 0.481 e. The first-order valence-electron chi connectivity index (χ1n) is 10.8. The first-order chi connectivity index (χ1) is 16.8. The van der Waals surface area contributed by atoms with Crippen molar-refractivity contribution < 1.29 is 44.1 Å². The fourth-order valence-corrected chi connectivity index (χ4v) is 2.75. The molecule has 0 saturated heterocycles. The Morgan fingerprint density at radius 1 is 0.750 bits per heavy atom. The SMILES string of the molecule is NC(=O)CCC(NC(=O)C(CO)NC(=O)C(CCC(=O)O)NC(=O)C(N)CCCN=C(N)N)C(=O)O. The van der Waals surface area contributed by atoms with Crippen LogP contribution in [0, 0.1) is 0 Å². The molecular formula is C19H34N8O9. The van der Waals surface area contributed by atoms with E-state index in [-0.39, 0.29) is 38.2 Å². The van der Waals surface area contributed by atoms with Crippen LogP contribution in [0.5, 0.6) is 0 Å². The highest BCUT2D eigenvalue weighted by atomic mass is 16.4. The molecule has 0 fully saturated rings. The van der Waals surface area contributed by atoms with Crippen LogP contribution in [0.15, 0.2) is 4.99 Å². The van der Waals surface area contributed by atoms with Gasteiger partial charge in [-0.2, -0.15) is 0 Å². The molecule has 14 N–H and O–H groups in total. The number of hydrogen-bond donors (Lipinski definition) is 10. The molecule has 4 atom stereocenters. The Balaban J connectivity index is 5.25. The van der Waals surface area contributed by atoms with Gasteiger partial charge in [0.05, 0.1) is 12.6 Å². The molecule has 0 aliphatic heterocycles. The zero-order valence-electron chi connectivity index (χ0n) is 19.5. The number of aliphatic imine (C=N–C) groups is 1. The van der Waals surface area contributed by atoms with Gasteiger partial charge in [0, 0.05) is 19.4 Å². The Bertz CT molecular complexity index is 832. The van der Waals surface area contributed by atoms with Gasteiger partial charge < -0.3 is 54.2 Å². The number of carboxylic acids is 2. The number of nitrogens with zero attached hydrogens (tertiary/aromatic N) is 1. The molecule has 0 saturated carbocycles. The summed E-state index contributed by atoms with van der Waals surface area (Å²) in [4.78, 5) is 74.3. The van der Waals surface area contributed by atoms with E-state index < -0.39 is 72.8 Å². The molecule has 0 bridgehead atoms. The highest BCUT2D eigenvalue weighted by Crippen LogP contribution is 2.03. The van der Waals surface area contributed by atoms with Crippen molar-refractivity contribution in [2.75, 3.05) is 13.2 Å². The second kappa shape index (κ2) is 16.6. The maximum Gasteiger partial charge on any atom is 0.326 e. The van der Waals surface area contributed by atoms with Gasteiger partial charge in [-0.25, -0.2) is 4.79 Å². The van der Waals surface area contributed by atoms with Crippen molar-refractivity contribution in [3.63, 3.8) is 0 Å². The van der Waals surface area contributed by atoms with Crippen molar-refractivity contribution in [2.24, 2.45) is 27.9 Å². The molecule has 0 radical (unpaired) electrons. The third-order valence-electron chi connectivity index (χ3n) is 4.69. The zero-order valence-corrected chi connectivity index (χ0v) is 19.5. The maximum absolute atomic E-state index is 12.7. The molecular weight excluding hydrogens is 484 g/mol. The quantitative estimate of drug-likeness (QED) is 0.0463. The summed E-state index contributed by atoms with van der Waals surface area (Å²) in [6.45, 7) is -0.750. The van der Waals surface area contributed by atoms with Gasteiger partial charge in [0.2, 0.25) is 23.6 Å². The van der Waals surface area contributed by atoms with Crippen molar-refractivity contribution in [1.82, 2.24) is 16.0 Å². The Morgan fingerprint density at radius 2 is 1.28 bits per heavy atom. The third kappa shape index (κ3) is 13.7.